The second-order valence-corrected chi connectivity index (χ2v) is 7.29. The fraction of sp³-hybridized carbons (Fsp3) is 0.0476. The number of carbonyl (C=O) groups excluding carboxylic acids is 1. The Balaban J connectivity index is 1.81. The van der Waals surface area contributed by atoms with Gasteiger partial charge in [-0.25, -0.2) is 4.98 Å². The van der Waals surface area contributed by atoms with Gasteiger partial charge < -0.3 is 4.42 Å². The van der Waals surface area contributed by atoms with Gasteiger partial charge in [-0.05, 0) is 55.0 Å². The molecule has 0 radical (unpaired) electrons. The largest absolute Gasteiger partial charge is 0.465 e. The van der Waals surface area contributed by atoms with E-state index in [0.717, 1.165) is 15.8 Å². The summed E-state index contributed by atoms with van der Waals surface area (Å²) in [6.07, 6.45) is 4.68. The number of thiazole rings is 1. The van der Waals surface area contributed by atoms with Crippen molar-refractivity contribution in [3.8, 4) is 0 Å². The molecule has 0 N–H and O–H groups in total. The van der Waals surface area contributed by atoms with Crippen LogP contribution in [0.5, 0.6) is 0 Å². The van der Waals surface area contributed by atoms with E-state index < -0.39 is 0 Å². The highest BCUT2D eigenvalue weighted by Gasteiger charge is 2.22. The summed E-state index contributed by atoms with van der Waals surface area (Å²) in [7, 11) is 0. The van der Waals surface area contributed by atoms with Crippen molar-refractivity contribution in [2.24, 2.45) is 0 Å². The molecule has 4 nitrogen and oxygen atoms in total. The lowest BCUT2D eigenvalue weighted by molar-refractivity contribution is -0.113. The second kappa shape index (κ2) is 7.39. The van der Waals surface area contributed by atoms with Crippen molar-refractivity contribution in [3.63, 3.8) is 0 Å². The zero-order valence-electron chi connectivity index (χ0n) is 14.4. The fourth-order valence-corrected chi connectivity index (χ4v) is 3.88. The lowest BCUT2D eigenvalue weighted by Gasteiger charge is -2.21. The maximum Gasteiger partial charge on any atom is 0.257 e. The molecule has 0 atom stereocenters. The Morgan fingerprint density at radius 3 is 2.78 bits per heavy atom. The molecule has 0 saturated carbocycles. The maximum absolute atomic E-state index is 13.1. The van der Waals surface area contributed by atoms with E-state index in [2.05, 4.69) is 4.98 Å². The average Bonchev–Trinajstić information content (AvgIpc) is 3.33. The van der Waals surface area contributed by atoms with Crippen LogP contribution in [-0.2, 0) is 4.79 Å². The number of hydrogen-bond acceptors (Lipinski definition) is 4. The smallest absolute Gasteiger partial charge is 0.257 e. The van der Waals surface area contributed by atoms with E-state index in [1.54, 1.807) is 35.4 Å². The minimum absolute atomic E-state index is 0.226. The van der Waals surface area contributed by atoms with Crippen LogP contribution in [0.15, 0.2) is 71.4 Å². The zero-order valence-corrected chi connectivity index (χ0v) is 16.0. The number of amides is 1. The molecular formula is C21H15ClN2O2S. The van der Waals surface area contributed by atoms with Crippen LogP contribution >= 0.6 is 22.9 Å². The third kappa shape index (κ3) is 3.52. The lowest BCUT2D eigenvalue weighted by atomic mass is 10.2. The van der Waals surface area contributed by atoms with E-state index >= 15 is 0 Å². The number of aromatic nitrogens is 1. The van der Waals surface area contributed by atoms with Gasteiger partial charge in [-0.2, -0.15) is 0 Å². The van der Waals surface area contributed by atoms with Crippen LogP contribution in [0, 0.1) is 6.92 Å². The predicted molar refractivity (Wildman–Crippen MR) is 111 cm³/mol. The van der Waals surface area contributed by atoms with E-state index in [1.165, 1.54) is 17.4 Å². The number of hydrogen-bond donors (Lipinski definition) is 0. The normalized spacial score (nSPS) is 11.3. The third-order valence-electron chi connectivity index (χ3n) is 4.11. The fourth-order valence-electron chi connectivity index (χ4n) is 2.72. The Bertz CT molecular complexity index is 1100. The Morgan fingerprint density at radius 2 is 2.00 bits per heavy atom. The van der Waals surface area contributed by atoms with Gasteiger partial charge in [0.1, 0.15) is 5.76 Å². The Kier molecular flexibility index (Phi) is 4.79. The first-order chi connectivity index (χ1) is 13.1. The first kappa shape index (κ1) is 17.5. The highest BCUT2D eigenvalue weighted by atomic mass is 35.5. The van der Waals surface area contributed by atoms with Crippen LogP contribution in [0.3, 0.4) is 0 Å². The molecule has 2 aromatic heterocycles. The number of carbonyl (C=O) groups is 1. The van der Waals surface area contributed by atoms with Crippen LogP contribution in [0.25, 0.3) is 16.3 Å². The van der Waals surface area contributed by atoms with Crippen molar-refractivity contribution in [3.05, 3.63) is 83.3 Å². The van der Waals surface area contributed by atoms with Gasteiger partial charge in [0.05, 0.1) is 22.2 Å². The standard InChI is InChI=1S/C21H15ClN2O2S/c1-14-16(22)7-4-9-18(14)24(20(25)12-11-15-6-5-13-26-15)21-23-17-8-2-3-10-19(17)27-21/h2-13H,1H3/b12-11+. The molecule has 27 heavy (non-hydrogen) atoms. The summed E-state index contributed by atoms with van der Waals surface area (Å²) < 4.78 is 6.29. The van der Waals surface area contributed by atoms with Gasteiger partial charge in [-0.15, -0.1) is 0 Å². The number of rotatable bonds is 4. The minimum atomic E-state index is -0.226. The topological polar surface area (TPSA) is 46.3 Å². The van der Waals surface area contributed by atoms with Crippen molar-refractivity contribution in [1.82, 2.24) is 4.98 Å². The van der Waals surface area contributed by atoms with Crippen LogP contribution in [0.4, 0.5) is 10.8 Å². The molecule has 2 heterocycles. The van der Waals surface area contributed by atoms with Crippen molar-refractivity contribution in [2.45, 2.75) is 6.92 Å². The molecule has 0 unspecified atom stereocenters. The molecule has 0 aliphatic heterocycles. The summed E-state index contributed by atoms with van der Waals surface area (Å²) in [5.74, 6) is 0.381. The maximum atomic E-state index is 13.1. The van der Waals surface area contributed by atoms with Crippen LogP contribution in [0.2, 0.25) is 5.02 Å². The molecule has 1 amide bonds. The Labute approximate surface area is 165 Å². The molecule has 4 aromatic rings. The highest BCUT2D eigenvalue weighted by Crippen LogP contribution is 2.36. The van der Waals surface area contributed by atoms with E-state index in [9.17, 15) is 4.79 Å². The SMILES string of the molecule is Cc1c(Cl)cccc1N(C(=O)/C=C/c1ccco1)c1nc2ccccc2s1. The first-order valence-electron chi connectivity index (χ1n) is 8.30. The second-order valence-electron chi connectivity index (χ2n) is 5.87. The first-order valence-corrected chi connectivity index (χ1v) is 9.49. The van der Waals surface area contributed by atoms with Gasteiger partial charge in [-0.1, -0.05) is 41.1 Å². The summed E-state index contributed by atoms with van der Waals surface area (Å²) in [6, 6.07) is 16.9. The van der Waals surface area contributed by atoms with E-state index in [-0.39, 0.29) is 5.91 Å². The number of furan rings is 1. The van der Waals surface area contributed by atoms with Gasteiger partial charge in [0.2, 0.25) is 0 Å². The van der Waals surface area contributed by atoms with E-state index in [4.69, 9.17) is 16.0 Å². The molecule has 0 bridgehead atoms. The zero-order chi connectivity index (χ0) is 18.8. The summed E-state index contributed by atoms with van der Waals surface area (Å²) in [4.78, 5) is 19.3. The lowest BCUT2D eigenvalue weighted by Crippen LogP contribution is -2.24. The number of fused-ring (bicyclic) bond motifs is 1. The number of nitrogens with zero attached hydrogens (tertiary/aromatic N) is 2. The summed E-state index contributed by atoms with van der Waals surface area (Å²) in [5.41, 5.74) is 2.37. The molecule has 2 aromatic carbocycles. The molecule has 134 valence electrons. The molecule has 0 aliphatic rings. The van der Waals surface area contributed by atoms with E-state index in [0.29, 0.717) is 21.6 Å². The van der Waals surface area contributed by atoms with Gasteiger partial charge in [0, 0.05) is 11.1 Å². The molecule has 6 heteroatoms. The monoisotopic (exact) mass is 394 g/mol. The number of para-hydroxylation sites is 1. The van der Waals surface area contributed by atoms with Gasteiger partial charge in [-0.3, -0.25) is 9.69 Å². The molecule has 4 rings (SSSR count). The van der Waals surface area contributed by atoms with Crippen molar-refractivity contribution in [2.75, 3.05) is 4.90 Å². The highest BCUT2D eigenvalue weighted by molar-refractivity contribution is 7.22. The molecule has 0 fully saturated rings. The van der Waals surface area contributed by atoms with Gasteiger partial charge >= 0.3 is 0 Å². The molecule has 0 aliphatic carbocycles. The third-order valence-corrected chi connectivity index (χ3v) is 5.54. The molecule has 0 spiro atoms. The van der Waals surface area contributed by atoms with Gasteiger partial charge in [0.25, 0.3) is 5.91 Å². The van der Waals surface area contributed by atoms with Crippen LogP contribution in [-0.4, -0.2) is 10.9 Å². The van der Waals surface area contributed by atoms with E-state index in [1.807, 2.05) is 43.3 Å². The van der Waals surface area contributed by atoms with Crippen molar-refractivity contribution < 1.29 is 9.21 Å². The van der Waals surface area contributed by atoms with Gasteiger partial charge in [0.15, 0.2) is 5.13 Å². The van der Waals surface area contributed by atoms with Crippen LogP contribution in [0.1, 0.15) is 11.3 Å². The Hall–Kier alpha value is -2.89. The number of anilines is 2. The minimum Gasteiger partial charge on any atom is -0.465 e. The summed E-state index contributed by atoms with van der Waals surface area (Å²) in [5, 5.41) is 1.19. The number of benzene rings is 2. The predicted octanol–water partition coefficient (Wildman–Crippen LogP) is 6.23. The van der Waals surface area contributed by atoms with Crippen molar-refractivity contribution in [1.29, 1.82) is 0 Å². The van der Waals surface area contributed by atoms with Crippen molar-refractivity contribution >= 4 is 56.0 Å². The quantitative estimate of drug-likeness (QED) is 0.385. The molecular weight excluding hydrogens is 380 g/mol. The Morgan fingerprint density at radius 1 is 1.15 bits per heavy atom. The molecule has 0 saturated heterocycles. The number of halogens is 1. The van der Waals surface area contributed by atoms with Crippen LogP contribution < -0.4 is 4.90 Å². The summed E-state index contributed by atoms with van der Waals surface area (Å²) >= 11 is 7.76. The average molecular weight is 395 g/mol. The summed E-state index contributed by atoms with van der Waals surface area (Å²) in [6.45, 7) is 1.89.